The first-order chi connectivity index (χ1) is 22.2. The molecule has 3 aromatic rings. The van der Waals surface area contributed by atoms with Crippen LogP contribution in [0.25, 0.3) is 39.0 Å². The van der Waals surface area contributed by atoms with E-state index in [1.54, 1.807) is 48.5 Å². The van der Waals surface area contributed by atoms with Crippen LogP contribution in [0.2, 0.25) is 0 Å². The Bertz CT molecular complexity index is 2180. The van der Waals surface area contributed by atoms with E-state index in [-0.39, 0.29) is 34.3 Å². The molecule has 0 fully saturated rings. The minimum Gasteiger partial charge on any atom is -0.406 e. The average molecular weight is 639 g/mol. The summed E-state index contributed by atoms with van der Waals surface area (Å²) >= 11 is 0. The van der Waals surface area contributed by atoms with Gasteiger partial charge in [-0.15, -0.1) is 26.3 Å². The van der Waals surface area contributed by atoms with Gasteiger partial charge in [0.2, 0.25) is 0 Å². The van der Waals surface area contributed by atoms with Gasteiger partial charge in [-0.25, -0.2) is 0 Å². The number of alkyl halides is 6. The van der Waals surface area contributed by atoms with Gasteiger partial charge in [0, 0.05) is 11.1 Å². The minimum absolute atomic E-state index is 0.0723. The van der Waals surface area contributed by atoms with Gasteiger partial charge >= 0.3 is 12.7 Å². The average Bonchev–Trinajstić information content (AvgIpc) is 3.47. The van der Waals surface area contributed by atoms with Crippen molar-refractivity contribution in [1.82, 2.24) is 0 Å². The highest BCUT2D eigenvalue weighted by atomic mass is 19.4. The van der Waals surface area contributed by atoms with Crippen LogP contribution in [0.3, 0.4) is 0 Å². The van der Waals surface area contributed by atoms with E-state index in [2.05, 4.69) is 9.47 Å². The van der Waals surface area contributed by atoms with Crippen molar-refractivity contribution in [1.29, 1.82) is 21.0 Å². The van der Waals surface area contributed by atoms with Crippen LogP contribution in [0, 0.1) is 45.3 Å². The Labute approximate surface area is 263 Å². The highest BCUT2D eigenvalue weighted by Crippen LogP contribution is 2.54. The molecule has 1 unspecified atom stereocenters. The van der Waals surface area contributed by atoms with Gasteiger partial charge in [0.05, 0.1) is 5.60 Å². The fraction of sp³-hybridized carbons (Fsp3) is 0.143. The van der Waals surface area contributed by atoms with Gasteiger partial charge in [0.1, 0.15) is 41.2 Å². The summed E-state index contributed by atoms with van der Waals surface area (Å²) in [6.45, 7) is 1.31. The molecule has 230 valence electrons. The lowest BCUT2D eigenvalue weighted by Crippen LogP contribution is -2.34. The van der Waals surface area contributed by atoms with E-state index in [1.807, 2.05) is 12.1 Å². The summed E-state index contributed by atoms with van der Waals surface area (Å²) in [5.41, 5.74) is 2.87. The third kappa shape index (κ3) is 5.42. The van der Waals surface area contributed by atoms with Gasteiger partial charge in [-0.1, -0.05) is 36.4 Å². The van der Waals surface area contributed by atoms with Crippen LogP contribution in [0.15, 0.2) is 77.9 Å². The van der Waals surface area contributed by atoms with E-state index in [1.165, 1.54) is 25.1 Å². The number of hydrogen-bond acceptors (Lipinski definition) is 6. The van der Waals surface area contributed by atoms with E-state index in [0.717, 1.165) is 12.1 Å². The Balaban J connectivity index is 1.52. The standard InChI is InChI=1S/C35H16F6N4O2/c1-33(47-35(39,40)41)8-6-18(7-9-33)19-2-4-23-25-12-26-24-5-3-22(46-34(36,37)38)11-28(24)32(21(16-44)17-45)30(26)13-29(25)31(27(23)10-19)20(14-42)15-43/h2-8,10-13H,9H2,1H3. The van der Waals surface area contributed by atoms with Crippen molar-refractivity contribution in [2.45, 2.75) is 31.7 Å². The molecule has 0 spiro atoms. The number of ether oxygens (including phenoxy) is 2. The quantitative estimate of drug-likeness (QED) is 0.144. The number of fused-ring (bicyclic) bond motifs is 6. The molecule has 0 N–H and O–H groups in total. The van der Waals surface area contributed by atoms with Crippen molar-refractivity contribution < 1.29 is 35.8 Å². The molecule has 3 aromatic carbocycles. The monoisotopic (exact) mass is 638 g/mol. The fourth-order valence-corrected chi connectivity index (χ4v) is 6.16. The molecule has 0 saturated carbocycles. The SMILES string of the molecule is CC1(OC(F)(F)F)C=CC(c2ccc3c(c2)C(=C(C#N)C#N)c2cc4c(cc2-3)-c2ccc(OC(F)(F)F)cc2C4=C(C#N)C#N)=CC1. The topological polar surface area (TPSA) is 114 Å². The highest BCUT2D eigenvalue weighted by Gasteiger charge is 2.40. The summed E-state index contributed by atoms with van der Waals surface area (Å²) in [6, 6.07) is 19.6. The summed E-state index contributed by atoms with van der Waals surface area (Å²) in [6.07, 6.45) is -5.47. The second kappa shape index (κ2) is 10.8. The molecule has 12 heteroatoms. The molecule has 3 aliphatic carbocycles. The van der Waals surface area contributed by atoms with E-state index in [9.17, 15) is 47.4 Å². The van der Waals surface area contributed by atoms with Gasteiger partial charge in [0.25, 0.3) is 0 Å². The van der Waals surface area contributed by atoms with Crippen LogP contribution >= 0.6 is 0 Å². The lowest BCUT2D eigenvalue weighted by Gasteiger charge is -2.29. The lowest BCUT2D eigenvalue weighted by molar-refractivity contribution is -0.355. The molecular formula is C35H16F6N4O2. The second-order valence-corrected chi connectivity index (χ2v) is 11.0. The molecule has 0 radical (unpaired) electrons. The highest BCUT2D eigenvalue weighted by molar-refractivity contribution is 6.11. The van der Waals surface area contributed by atoms with Crippen molar-refractivity contribution in [2.24, 2.45) is 0 Å². The zero-order valence-electron chi connectivity index (χ0n) is 23.9. The smallest absolute Gasteiger partial charge is 0.406 e. The van der Waals surface area contributed by atoms with Crippen molar-refractivity contribution in [2.75, 3.05) is 0 Å². The minimum atomic E-state index is -4.98. The molecule has 0 saturated heterocycles. The predicted octanol–water partition coefficient (Wildman–Crippen LogP) is 8.88. The van der Waals surface area contributed by atoms with Crippen LogP contribution in [-0.4, -0.2) is 18.3 Å². The molecule has 0 aromatic heterocycles. The maximum absolute atomic E-state index is 13.0. The third-order valence-corrected chi connectivity index (χ3v) is 8.03. The maximum atomic E-state index is 13.0. The van der Waals surface area contributed by atoms with Gasteiger partial charge in [-0.2, -0.15) is 21.0 Å². The number of nitrogens with zero attached hydrogens (tertiary/aromatic N) is 4. The zero-order chi connectivity index (χ0) is 33.9. The Morgan fingerprint density at radius 3 is 1.66 bits per heavy atom. The number of rotatable bonds is 3. The van der Waals surface area contributed by atoms with Crippen molar-refractivity contribution in [3.8, 4) is 52.3 Å². The Kier molecular flexibility index (Phi) is 7.09. The Hall–Kier alpha value is -6.08. The van der Waals surface area contributed by atoms with Crippen molar-refractivity contribution in [3.63, 3.8) is 0 Å². The molecule has 47 heavy (non-hydrogen) atoms. The van der Waals surface area contributed by atoms with Gasteiger partial charge in [-0.3, -0.25) is 4.74 Å². The first-order valence-electron chi connectivity index (χ1n) is 13.7. The molecule has 1 atom stereocenters. The summed E-state index contributed by atoms with van der Waals surface area (Å²) in [4.78, 5) is 0. The van der Waals surface area contributed by atoms with Crippen LogP contribution in [0.1, 0.15) is 41.2 Å². The largest absolute Gasteiger partial charge is 0.573 e. The van der Waals surface area contributed by atoms with Gasteiger partial charge in [-0.05, 0) is 99.3 Å². The van der Waals surface area contributed by atoms with Gasteiger partial charge < -0.3 is 4.74 Å². The Morgan fingerprint density at radius 2 is 1.17 bits per heavy atom. The maximum Gasteiger partial charge on any atom is 0.573 e. The van der Waals surface area contributed by atoms with Crippen LogP contribution in [0.5, 0.6) is 5.75 Å². The van der Waals surface area contributed by atoms with E-state index < -0.39 is 24.1 Å². The molecule has 0 heterocycles. The van der Waals surface area contributed by atoms with E-state index >= 15 is 0 Å². The first kappa shape index (κ1) is 30.9. The summed E-state index contributed by atoms with van der Waals surface area (Å²) < 4.78 is 86.1. The molecule has 6 rings (SSSR count). The van der Waals surface area contributed by atoms with E-state index in [0.29, 0.717) is 50.1 Å². The molecule has 0 amide bonds. The zero-order valence-corrected chi connectivity index (χ0v) is 23.9. The number of nitriles is 4. The molecular weight excluding hydrogens is 622 g/mol. The summed E-state index contributed by atoms with van der Waals surface area (Å²) in [5, 5.41) is 39.4. The van der Waals surface area contributed by atoms with Crippen LogP contribution < -0.4 is 4.74 Å². The molecule has 6 nitrogen and oxygen atoms in total. The molecule has 0 aliphatic heterocycles. The first-order valence-corrected chi connectivity index (χ1v) is 13.7. The molecule has 3 aliphatic rings. The van der Waals surface area contributed by atoms with Crippen LogP contribution in [0.4, 0.5) is 26.3 Å². The fourth-order valence-electron chi connectivity index (χ4n) is 6.16. The van der Waals surface area contributed by atoms with Crippen LogP contribution in [-0.2, 0) is 4.74 Å². The normalized spacial score (nSPS) is 17.2. The van der Waals surface area contributed by atoms with E-state index in [4.69, 9.17) is 0 Å². The lowest BCUT2D eigenvalue weighted by atomic mass is 9.89. The third-order valence-electron chi connectivity index (χ3n) is 8.03. The van der Waals surface area contributed by atoms with Gasteiger partial charge in [0.15, 0.2) is 0 Å². The summed E-state index contributed by atoms with van der Waals surface area (Å²) in [7, 11) is 0. The predicted molar refractivity (Wildman–Crippen MR) is 156 cm³/mol. The number of hydrogen-bond donors (Lipinski definition) is 0. The summed E-state index contributed by atoms with van der Waals surface area (Å²) in [5.74, 6) is -0.546. The van der Waals surface area contributed by atoms with Crippen molar-refractivity contribution >= 4 is 16.7 Å². The second-order valence-electron chi connectivity index (χ2n) is 11.0. The Morgan fingerprint density at radius 1 is 0.660 bits per heavy atom. The number of allylic oxidation sites excluding steroid dienone is 4. The number of halogens is 6. The molecule has 0 bridgehead atoms. The number of benzene rings is 3. The van der Waals surface area contributed by atoms with Crippen molar-refractivity contribution in [3.05, 3.63) is 106 Å².